The van der Waals surface area contributed by atoms with Gasteiger partial charge in [0.05, 0.1) is 19.3 Å². The molecule has 0 fully saturated rings. The van der Waals surface area contributed by atoms with Crippen LogP contribution < -0.4 is 10.6 Å². The maximum Gasteiger partial charge on any atom is 0.413 e. The van der Waals surface area contributed by atoms with Gasteiger partial charge in [-0.3, -0.25) is 5.32 Å². The van der Waals surface area contributed by atoms with Crippen molar-refractivity contribution in [2.45, 2.75) is 32.4 Å². The van der Waals surface area contributed by atoms with E-state index in [9.17, 15) is 4.79 Å². The van der Waals surface area contributed by atoms with Crippen molar-refractivity contribution in [2.75, 3.05) is 13.2 Å². The Labute approximate surface area is 95.3 Å². The first-order chi connectivity index (χ1) is 7.28. The first-order valence-corrected chi connectivity index (χ1v) is 4.95. The molecule has 0 radical (unpaired) electrons. The third-order valence-corrected chi connectivity index (χ3v) is 1.47. The predicted octanol–water partition coefficient (Wildman–Crippen LogP) is -0.0749. The van der Waals surface area contributed by atoms with Crippen LogP contribution >= 0.6 is 0 Å². The maximum absolute atomic E-state index is 11.3. The van der Waals surface area contributed by atoms with E-state index in [-0.39, 0.29) is 19.0 Å². The Hall–Kier alpha value is -1.27. The van der Waals surface area contributed by atoms with Crippen LogP contribution in [0, 0.1) is 0 Å². The zero-order chi connectivity index (χ0) is 12.8. The summed E-state index contributed by atoms with van der Waals surface area (Å²) >= 11 is 0. The lowest BCUT2D eigenvalue weighted by atomic mass is 10.2. The number of aliphatic hydroxyl groups excluding tert-OH is 2. The molecule has 0 aliphatic rings. The van der Waals surface area contributed by atoms with Crippen LogP contribution in [-0.4, -0.2) is 41.2 Å². The summed E-state index contributed by atoms with van der Waals surface area (Å²) in [5, 5.41) is 22.5. The van der Waals surface area contributed by atoms with Gasteiger partial charge in [-0.05, 0) is 20.8 Å². The molecule has 0 aromatic carbocycles. The summed E-state index contributed by atoms with van der Waals surface area (Å²) in [4.78, 5) is 11.3. The van der Waals surface area contributed by atoms with E-state index < -0.39 is 17.7 Å². The number of carbonyl (C=O) groups is 1. The van der Waals surface area contributed by atoms with Crippen molar-refractivity contribution in [2.24, 2.45) is 0 Å². The Morgan fingerprint density at radius 2 is 1.88 bits per heavy atom. The Morgan fingerprint density at radius 3 is 2.25 bits per heavy atom. The van der Waals surface area contributed by atoms with Gasteiger partial charge in [-0.2, -0.15) is 0 Å². The minimum absolute atomic E-state index is 0.169. The van der Waals surface area contributed by atoms with E-state index in [1.54, 1.807) is 20.8 Å². The Kier molecular flexibility index (Phi) is 5.84. The molecule has 16 heavy (non-hydrogen) atoms. The Balaban J connectivity index is 4.01. The van der Waals surface area contributed by atoms with E-state index >= 15 is 0 Å². The summed E-state index contributed by atoms with van der Waals surface area (Å²) in [5.74, 6) is 0.169. The molecule has 6 nitrogen and oxygen atoms in total. The number of ether oxygens (including phenoxy) is 1. The number of aliphatic hydroxyl groups is 2. The summed E-state index contributed by atoms with van der Waals surface area (Å²) in [6.07, 6.45) is -0.639. The fraction of sp³-hybridized carbons (Fsp3) is 0.700. The van der Waals surface area contributed by atoms with Crippen molar-refractivity contribution in [1.29, 1.82) is 0 Å². The number of amides is 1. The van der Waals surface area contributed by atoms with Crippen LogP contribution in [0.2, 0.25) is 0 Å². The van der Waals surface area contributed by atoms with Gasteiger partial charge >= 0.3 is 6.09 Å². The van der Waals surface area contributed by atoms with Crippen molar-refractivity contribution in [3.8, 4) is 0 Å². The summed E-state index contributed by atoms with van der Waals surface area (Å²) in [7, 11) is 0. The van der Waals surface area contributed by atoms with E-state index in [1.165, 1.54) is 0 Å². The van der Waals surface area contributed by atoms with E-state index in [2.05, 4.69) is 17.2 Å². The normalized spacial score (nSPS) is 11.1. The smallest absolute Gasteiger partial charge is 0.413 e. The molecular weight excluding hydrogens is 212 g/mol. The third kappa shape index (κ3) is 7.08. The van der Waals surface area contributed by atoms with Gasteiger partial charge in [0.25, 0.3) is 0 Å². The first-order valence-electron chi connectivity index (χ1n) is 4.95. The molecule has 0 rings (SSSR count). The Morgan fingerprint density at radius 1 is 1.38 bits per heavy atom. The average molecular weight is 232 g/mol. The topological polar surface area (TPSA) is 90.8 Å². The number of rotatable bonds is 5. The van der Waals surface area contributed by atoms with E-state index in [1.807, 2.05) is 0 Å². The maximum atomic E-state index is 11.3. The fourth-order valence-electron chi connectivity index (χ4n) is 0.858. The number of nitrogens with one attached hydrogen (secondary N) is 2. The average Bonchev–Trinajstić information content (AvgIpc) is 2.10. The van der Waals surface area contributed by atoms with Crippen LogP contribution in [-0.2, 0) is 4.74 Å². The van der Waals surface area contributed by atoms with Crippen LogP contribution in [0.4, 0.5) is 4.79 Å². The van der Waals surface area contributed by atoms with Crippen LogP contribution in [0.3, 0.4) is 0 Å². The summed E-state index contributed by atoms with van der Waals surface area (Å²) < 4.78 is 4.98. The number of carbonyl (C=O) groups excluding carboxylic acids is 1. The highest BCUT2D eigenvalue weighted by molar-refractivity contribution is 5.69. The second kappa shape index (κ2) is 6.34. The third-order valence-electron chi connectivity index (χ3n) is 1.47. The summed E-state index contributed by atoms with van der Waals surface area (Å²) in [5.41, 5.74) is -0.586. The van der Waals surface area contributed by atoms with Gasteiger partial charge in [-0.15, -0.1) is 0 Å². The van der Waals surface area contributed by atoms with Crippen molar-refractivity contribution < 1.29 is 19.7 Å². The molecule has 0 spiro atoms. The molecule has 0 atom stereocenters. The Bertz CT molecular complexity index is 244. The van der Waals surface area contributed by atoms with Gasteiger partial charge in [-0.1, -0.05) is 6.58 Å². The van der Waals surface area contributed by atoms with Crippen LogP contribution in [0.25, 0.3) is 0 Å². The number of alkyl carbamates (subject to hydrolysis) is 1. The predicted molar refractivity (Wildman–Crippen MR) is 59.6 cm³/mol. The SMILES string of the molecule is C=C(NC(=O)OC(C)(C)C)NC(CO)CO. The van der Waals surface area contributed by atoms with Gasteiger partial charge in [-0.25, -0.2) is 4.79 Å². The molecule has 0 aliphatic heterocycles. The molecule has 0 aliphatic carbocycles. The van der Waals surface area contributed by atoms with Crippen molar-refractivity contribution in [3.63, 3.8) is 0 Å². The van der Waals surface area contributed by atoms with Crippen LogP contribution in [0.5, 0.6) is 0 Å². The zero-order valence-corrected chi connectivity index (χ0v) is 9.91. The van der Waals surface area contributed by atoms with E-state index in [0.29, 0.717) is 0 Å². The second-order valence-electron chi connectivity index (χ2n) is 4.31. The van der Waals surface area contributed by atoms with Crippen LogP contribution in [0.1, 0.15) is 20.8 Å². The molecule has 94 valence electrons. The van der Waals surface area contributed by atoms with Gasteiger partial charge in [0.15, 0.2) is 0 Å². The molecule has 0 heterocycles. The van der Waals surface area contributed by atoms with E-state index in [0.717, 1.165) is 0 Å². The highest BCUT2D eigenvalue weighted by Crippen LogP contribution is 2.06. The molecule has 0 aromatic heterocycles. The molecular formula is C10H20N2O4. The van der Waals surface area contributed by atoms with Gasteiger partial charge < -0.3 is 20.3 Å². The molecule has 0 bridgehead atoms. The van der Waals surface area contributed by atoms with Crippen molar-refractivity contribution in [1.82, 2.24) is 10.6 Å². The monoisotopic (exact) mass is 232 g/mol. The minimum atomic E-state index is -0.639. The lowest BCUT2D eigenvalue weighted by molar-refractivity contribution is 0.0538. The lowest BCUT2D eigenvalue weighted by Gasteiger charge is -2.22. The van der Waals surface area contributed by atoms with E-state index in [4.69, 9.17) is 14.9 Å². The highest BCUT2D eigenvalue weighted by atomic mass is 16.6. The lowest BCUT2D eigenvalue weighted by Crippen LogP contribution is -2.42. The van der Waals surface area contributed by atoms with Gasteiger partial charge in [0, 0.05) is 0 Å². The van der Waals surface area contributed by atoms with Crippen molar-refractivity contribution in [3.05, 3.63) is 12.4 Å². The highest BCUT2D eigenvalue weighted by Gasteiger charge is 2.17. The van der Waals surface area contributed by atoms with Crippen molar-refractivity contribution >= 4 is 6.09 Å². The molecule has 0 aromatic rings. The summed E-state index contributed by atoms with van der Waals surface area (Å²) in [6, 6.07) is -0.553. The number of hydrogen-bond acceptors (Lipinski definition) is 5. The largest absolute Gasteiger partial charge is 0.444 e. The summed E-state index contributed by atoms with van der Waals surface area (Å²) in [6.45, 7) is 8.23. The minimum Gasteiger partial charge on any atom is -0.444 e. The fourth-order valence-corrected chi connectivity index (χ4v) is 0.858. The molecule has 6 heteroatoms. The quantitative estimate of drug-likeness (QED) is 0.532. The molecule has 0 saturated carbocycles. The van der Waals surface area contributed by atoms with Gasteiger partial charge in [0.1, 0.15) is 11.4 Å². The van der Waals surface area contributed by atoms with Gasteiger partial charge in [0.2, 0.25) is 0 Å². The molecule has 4 N–H and O–H groups in total. The molecule has 0 unspecified atom stereocenters. The second-order valence-corrected chi connectivity index (χ2v) is 4.31. The first kappa shape index (κ1) is 14.7. The van der Waals surface area contributed by atoms with Crippen LogP contribution in [0.15, 0.2) is 12.4 Å². The molecule has 1 amide bonds. The zero-order valence-electron chi connectivity index (χ0n) is 9.91. The number of hydrogen-bond donors (Lipinski definition) is 4. The standard InChI is InChI=1S/C10H20N2O4/c1-7(11-8(5-13)6-14)12-9(15)16-10(2,3)4/h8,11,13-14H,1,5-6H2,2-4H3,(H,12,15). The molecule has 0 saturated heterocycles.